The Labute approximate surface area is 213 Å². The zero-order valence-corrected chi connectivity index (χ0v) is 20.9. The van der Waals surface area contributed by atoms with Gasteiger partial charge in [-0.25, -0.2) is 4.98 Å². The predicted octanol–water partition coefficient (Wildman–Crippen LogP) is 4.30. The van der Waals surface area contributed by atoms with Gasteiger partial charge in [0.25, 0.3) is 0 Å². The summed E-state index contributed by atoms with van der Waals surface area (Å²) in [5, 5.41) is 16.3. The van der Waals surface area contributed by atoms with E-state index in [9.17, 15) is 4.79 Å². The number of aryl methyl sites for hydroxylation is 1. The number of primary amides is 1. The molecule has 0 saturated heterocycles. The number of benzene rings is 2. The highest BCUT2D eigenvalue weighted by Gasteiger charge is 2.42. The largest absolute Gasteiger partial charge is 0.369 e. The van der Waals surface area contributed by atoms with E-state index in [1.165, 1.54) is 0 Å². The van der Waals surface area contributed by atoms with E-state index in [0.717, 1.165) is 29.8 Å². The number of nitrogens with one attached hydrogen (secondary N) is 1. The zero-order valence-electron chi connectivity index (χ0n) is 19.4. The number of halogens is 2. The van der Waals surface area contributed by atoms with E-state index in [4.69, 9.17) is 33.9 Å². The average Bonchev–Trinajstić information content (AvgIpc) is 3.52. The Morgan fingerprint density at radius 2 is 1.91 bits per heavy atom. The third kappa shape index (κ3) is 5.39. The second-order valence-corrected chi connectivity index (χ2v) is 9.35. The Balaban J connectivity index is 2.00. The summed E-state index contributed by atoms with van der Waals surface area (Å²) in [5.41, 5.74) is 7.29. The molecule has 3 N–H and O–H groups in total. The number of hydrogen-bond acceptors (Lipinski definition) is 5. The van der Waals surface area contributed by atoms with E-state index >= 15 is 0 Å². The number of aromatic nitrogens is 6. The number of hydrogen-bond donors (Lipinski definition) is 2. The summed E-state index contributed by atoms with van der Waals surface area (Å²) in [7, 11) is 0. The summed E-state index contributed by atoms with van der Waals surface area (Å²) in [6.45, 7) is 2.12. The summed E-state index contributed by atoms with van der Waals surface area (Å²) in [6, 6.07) is 15.6. The number of nitrogens with two attached hydrogens (primary N) is 1. The molecule has 1 unspecified atom stereocenters. The third-order valence-corrected chi connectivity index (χ3v) is 6.92. The number of H-pyrrole nitrogens is 1. The molecule has 8 nitrogen and oxygen atoms in total. The molecule has 2 aromatic carbocycles. The summed E-state index contributed by atoms with van der Waals surface area (Å²) in [6.07, 6.45) is 5.27. The van der Waals surface area contributed by atoms with Crippen molar-refractivity contribution >= 4 is 29.1 Å². The lowest BCUT2D eigenvalue weighted by atomic mass is 9.82. The zero-order chi connectivity index (χ0) is 24.8. The van der Waals surface area contributed by atoms with Crippen molar-refractivity contribution in [1.29, 1.82) is 0 Å². The number of amides is 1. The first-order valence-corrected chi connectivity index (χ1v) is 12.2. The lowest BCUT2D eigenvalue weighted by Crippen LogP contribution is -2.43. The Hall–Kier alpha value is -3.23. The molecule has 10 heteroatoms. The lowest BCUT2D eigenvalue weighted by Gasteiger charge is -2.36. The van der Waals surface area contributed by atoms with Crippen LogP contribution in [-0.4, -0.2) is 36.1 Å². The molecule has 2 aromatic heterocycles. The Morgan fingerprint density at radius 3 is 2.60 bits per heavy atom. The molecule has 0 aliphatic rings. The number of tetrazole rings is 1. The highest BCUT2D eigenvalue weighted by atomic mass is 35.5. The van der Waals surface area contributed by atoms with Crippen molar-refractivity contribution in [3.8, 4) is 0 Å². The molecule has 0 aliphatic heterocycles. The van der Waals surface area contributed by atoms with Crippen molar-refractivity contribution in [2.24, 2.45) is 5.73 Å². The fraction of sp³-hybridized carbons (Fsp3) is 0.320. The third-order valence-electron chi connectivity index (χ3n) is 6.06. The van der Waals surface area contributed by atoms with Crippen molar-refractivity contribution < 1.29 is 4.79 Å². The van der Waals surface area contributed by atoms with Crippen LogP contribution in [0, 0.1) is 0 Å². The summed E-state index contributed by atoms with van der Waals surface area (Å²) in [4.78, 5) is 16.8. The van der Waals surface area contributed by atoms with E-state index in [2.05, 4.69) is 32.1 Å². The van der Waals surface area contributed by atoms with Gasteiger partial charge in [-0.15, -0.1) is 10.2 Å². The van der Waals surface area contributed by atoms with Gasteiger partial charge in [-0.05, 0) is 23.6 Å². The normalized spacial score (nSPS) is 13.0. The van der Waals surface area contributed by atoms with Crippen LogP contribution in [0.2, 0.25) is 10.0 Å². The van der Waals surface area contributed by atoms with Gasteiger partial charge in [0, 0.05) is 31.2 Å². The van der Waals surface area contributed by atoms with Gasteiger partial charge < -0.3 is 10.3 Å². The topological polar surface area (TPSA) is 115 Å². The molecule has 4 aromatic rings. The molecule has 0 spiro atoms. The van der Waals surface area contributed by atoms with Crippen LogP contribution >= 0.6 is 23.2 Å². The van der Waals surface area contributed by atoms with Gasteiger partial charge in [0.15, 0.2) is 0 Å². The van der Waals surface area contributed by atoms with E-state index in [1.807, 2.05) is 42.5 Å². The van der Waals surface area contributed by atoms with Crippen LogP contribution in [0.1, 0.15) is 48.2 Å². The highest BCUT2D eigenvalue weighted by molar-refractivity contribution is 6.42. The maximum Gasteiger partial charge on any atom is 0.223 e. The standard InChI is InChI=1S/C25H27Cl2N7O/c1-2-3-12-22-29-16-19(13-21(28)35)34(22)25(24-30-32-33-31-24,14-17-8-5-4-6-9-17)15-18-10-7-11-20(26)23(18)27/h4-11,16H,2-3,12-15H2,1H3,(H2,28,35)(H,30,31,32,33). The maximum absolute atomic E-state index is 12.1. The summed E-state index contributed by atoms with van der Waals surface area (Å²) in [5.74, 6) is 0.830. The van der Waals surface area contributed by atoms with Crippen LogP contribution in [0.5, 0.6) is 0 Å². The number of unbranched alkanes of at least 4 members (excludes halogenated alkanes) is 1. The van der Waals surface area contributed by atoms with Crippen molar-refractivity contribution in [3.05, 3.63) is 93.2 Å². The Bertz CT molecular complexity index is 1270. The van der Waals surface area contributed by atoms with Gasteiger partial charge in [-0.2, -0.15) is 5.21 Å². The van der Waals surface area contributed by atoms with Gasteiger partial charge in [0.1, 0.15) is 11.4 Å². The van der Waals surface area contributed by atoms with Crippen LogP contribution in [-0.2, 0) is 36.0 Å². The minimum absolute atomic E-state index is 0.0246. The van der Waals surface area contributed by atoms with Gasteiger partial charge in [-0.3, -0.25) is 4.79 Å². The van der Waals surface area contributed by atoms with Crippen molar-refractivity contribution in [1.82, 2.24) is 30.2 Å². The van der Waals surface area contributed by atoms with E-state index in [1.54, 1.807) is 12.3 Å². The number of imidazole rings is 1. The van der Waals surface area contributed by atoms with Crippen LogP contribution in [0.25, 0.3) is 0 Å². The van der Waals surface area contributed by atoms with Gasteiger partial charge in [0.05, 0.1) is 16.5 Å². The molecular weight excluding hydrogens is 485 g/mol. The number of carbonyl (C=O) groups is 1. The van der Waals surface area contributed by atoms with Crippen LogP contribution < -0.4 is 5.73 Å². The molecule has 2 heterocycles. The van der Waals surface area contributed by atoms with Gasteiger partial charge in [-0.1, -0.05) is 84.2 Å². The number of carbonyl (C=O) groups excluding carboxylic acids is 1. The molecule has 4 rings (SSSR count). The average molecular weight is 512 g/mol. The molecule has 182 valence electrons. The Kier molecular flexibility index (Phi) is 7.83. The van der Waals surface area contributed by atoms with E-state index in [0.29, 0.717) is 40.8 Å². The second-order valence-electron chi connectivity index (χ2n) is 8.57. The van der Waals surface area contributed by atoms with Crippen LogP contribution in [0.3, 0.4) is 0 Å². The summed E-state index contributed by atoms with van der Waals surface area (Å²) >= 11 is 13.1. The van der Waals surface area contributed by atoms with Crippen LogP contribution in [0.4, 0.5) is 0 Å². The molecule has 1 atom stereocenters. The lowest BCUT2D eigenvalue weighted by molar-refractivity contribution is -0.117. The molecule has 0 fully saturated rings. The fourth-order valence-corrected chi connectivity index (χ4v) is 4.92. The second kappa shape index (κ2) is 11.0. The van der Waals surface area contributed by atoms with Crippen molar-refractivity contribution in [2.75, 3.05) is 0 Å². The Morgan fingerprint density at radius 1 is 1.11 bits per heavy atom. The number of aromatic amines is 1. The predicted molar refractivity (Wildman–Crippen MR) is 135 cm³/mol. The van der Waals surface area contributed by atoms with Crippen molar-refractivity contribution in [2.45, 2.75) is 51.0 Å². The van der Waals surface area contributed by atoms with Gasteiger partial charge >= 0.3 is 0 Å². The first-order chi connectivity index (χ1) is 16.9. The van der Waals surface area contributed by atoms with Crippen molar-refractivity contribution in [3.63, 3.8) is 0 Å². The molecule has 0 bridgehead atoms. The first-order valence-electron chi connectivity index (χ1n) is 11.5. The van der Waals surface area contributed by atoms with Crippen LogP contribution in [0.15, 0.2) is 54.7 Å². The fourth-order valence-electron chi connectivity index (χ4n) is 4.54. The molecule has 35 heavy (non-hydrogen) atoms. The quantitative estimate of drug-likeness (QED) is 0.311. The monoisotopic (exact) mass is 511 g/mol. The minimum atomic E-state index is -0.910. The SMILES string of the molecule is CCCCc1ncc(CC(N)=O)n1C(Cc1ccccc1)(Cc1cccc(Cl)c1Cl)c1nn[nH]n1. The van der Waals surface area contributed by atoms with E-state index in [-0.39, 0.29) is 6.42 Å². The summed E-state index contributed by atoms with van der Waals surface area (Å²) < 4.78 is 2.07. The molecule has 1 amide bonds. The molecule has 0 saturated carbocycles. The molecular formula is C25H27Cl2N7O. The minimum Gasteiger partial charge on any atom is -0.369 e. The van der Waals surface area contributed by atoms with Gasteiger partial charge in [0.2, 0.25) is 11.7 Å². The smallest absolute Gasteiger partial charge is 0.223 e. The molecule has 0 aliphatic carbocycles. The maximum atomic E-state index is 12.1. The first kappa shape index (κ1) is 24.9. The van der Waals surface area contributed by atoms with E-state index < -0.39 is 11.4 Å². The number of rotatable bonds is 11. The highest BCUT2D eigenvalue weighted by Crippen LogP contribution is 2.38. The number of nitrogens with zero attached hydrogens (tertiary/aromatic N) is 5. The molecule has 0 radical (unpaired) electrons.